The van der Waals surface area contributed by atoms with E-state index in [1.807, 2.05) is 31.2 Å². The van der Waals surface area contributed by atoms with Gasteiger partial charge in [0.15, 0.2) is 0 Å². The van der Waals surface area contributed by atoms with E-state index < -0.39 is 6.04 Å². The van der Waals surface area contributed by atoms with Crippen molar-refractivity contribution in [2.75, 3.05) is 19.8 Å². The molecule has 0 radical (unpaired) electrons. The predicted molar refractivity (Wildman–Crippen MR) is 79.3 cm³/mol. The van der Waals surface area contributed by atoms with Crippen LogP contribution in [0, 0.1) is 12.8 Å². The molecule has 0 aliphatic carbocycles. The minimum Gasteiger partial charge on any atom is -0.381 e. The van der Waals surface area contributed by atoms with E-state index in [9.17, 15) is 4.79 Å². The zero-order valence-electron chi connectivity index (χ0n) is 12.1. The lowest BCUT2D eigenvalue weighted by Gasteiger charge is -2.22. The van der Waals surface area contributed by atoms with Crippen molar-refractivity contribution < 1.29 is 9.53 Å². The van der Waals surface area contributed by atoms with Crippen molar-refractivity contribution in [3.8, 4) is 0 Å². The number of ether oxygens (including phenoxy) is 1. The van der Waals surface area contributed by atoms with Crippen molar-refractivity contribution in [1.29, 1.82) is 0 Å². The average molecular weight is 276 g/mol. The summed E-state index contributed by atoms with van der Waals surface area (Å²) in [5, 5.41) is 2.94. The third-order valence-electron chi connectivity index (χ3n) is 3.91. The number of hydrogen-bond donors (Lipinski definition) is 2. The maximum atomic E-state index is 12.0. The van der Waals surface area contributed by atoms with Crippen molar-refractivity contribution in [3.63, 3.8) is 0 Å². The fraction of sp³-hybridized carbons (Fsp3) is 0.562. The molecule has 20 heavy (non-hydrogen) atoms. The van der Waals surface area contributed by atoms with Crippen molar-refractivity contribution >= 4 is 5.91 Å². The summed E-state index contributed by atoms with van der Waals surface area (Å²) in [7, 11) is 0. The Morgan fingerprint density at radius 1 is 1.35 bits per heavy atom. The van der Waals surface area contributed by atoms with Crippen LogP contribution >= 0.6 is 0 Å². The Bertz CT molecular complexity index is 425. The minimum atomic E-state index is -0.578. The zero-order valence-corrected chi connectivity index (χ0v) is 12.1. The zero-order chi connectivity index (χ0) is 14.4. The molecule has 0 saturated carbocycles. The number of carbonyl (C=O) groups excluding carboxylic acids is 1. The highest BCUT2D eigenvalue weighted by molar-refractivity contribution is 5.82. The highest BCUT2D eigenvalue weighted by Gasteiger charge is 2.17. The highest BCUT2D eigenvalue weighted by Crippen LogP contribution is 2.18. The molecule has 4 nitrogen and oxygen atoms in total. The van der Waals surface area contributed by atoms with Gasteiger partial charge in [-0.15, -0.1) is 0 Å². The van der Waals surface area contributed by atoms with E-state index in [2.05, 4.69) is 5.32 Å². The van der Waals surface area contributed by atoms with Crippen molar-refractivity contribution in [1.82, 2.24) is 5.32 Å². The molecule has 1 amide bonds. The summed E-state index contributed by atoms with van der Waals surface area (Å²) >= 11 is 0. The summed E-state index contributed by atoms with van der Waals surface area (Å²) in [6.45, 7) is 4.41. The van der Waals surface area contributed by atoms with Gasteiger partial charge >= 0.3 is 0 Å². The standard InChI is InChI=1S/C16H24N2O2/c1-12-2-4-14(5-3-12)15(17)16(19)18-9-6-13-7-10-20-11-8-13/h2-5,13,15H,6-11,17H2,1H3,(H,18,19). The Morgan fingerprint density at radius 3 is 2.65 bits per heavy atom. The van der Waals surface area contributed by atoms with Gasteiger partial charge in [0.25, 0.3) is 0 Å². The normalized spacial score (nSPS) is 17.7. The molecule has 4 heteroatoms. The van der Waals surface area contributed by atoms with Crippen molar-refractivity contribution in [2.45, 2.75) is 32.2 Å². The van der Waals surface area contributed by atoms with Crippen LogP contribution in [0.3, 0.4) is 0 Å². The van der Waals surface area contributed by atoms with E-state index in [-0.39, 0.29) is 5.91 Å². The molecule has 3 N–H and O–H groups in total. The van der Waals surface area contributed by atoms with Gasteiger partial charge in [0.2, 0.25) is 5.91 Å². The molecule has 0 bridgehead atoms. The Morgan fingerprint density at radius 2 is 2.00 bits per heavy atom. The third-order valence-corrected chi connectivity index (χ3v) is 3.91. The Kier molecular flexibility index (Phi) is 5.56. The third kappa shape index (κ3) is 4.32. The minimum absolute atomic E-state index is 0.0964. The lowest BCUT2D eigenvalue weighted by atomic mass is 9.96. The molecule has 1 fully saturated rings. The SMILES string of the molecule is Cc1ccc(C(N)C(=O)NCCC2CCOCC2)cc1. The van der Waals surface area contributed by atoms with Gasteiger partial charge in [-0.1, -0.05) is 29.8 Å². The highest BCUT2D eigenvalue weighted by atomic mass is 16.5. The van der Waals surface area contributed by atoms with Gasteiger partial charge in [-0.2, -0.15) is 0 Å². The first kappa shape index (κ1) is 15.0. The van der Waals surface area contributed by atoms with Crippen LogP contribution in [0.2, 0.25) is 0 Å². The van der Waals surface area contributed by atoms with Gasteiger partial charge in [-0.05, 0) is 37.7 Å². The molecule has 1 aromatic rings. The number of benzene rings is 1. The maximum Gasteiger partial charge on any atom is 0.241 e. The summed E-state index contributed by atoms with van der Waals surface area (Å²) in [4.78, 5) is 12.0. The summed E-state index contributed by atoms with van der Waals surface area (Å²) in [5.74, 6) is 0.570. The number of amides is 1. The van der Waals surface area contributed by atoms with Crippen LogP contribution in [0.15, 0.2) is 24.3 Å². The molecule has 1 saturated heterocycles. The predicted octanol–water partition coefficient (Wildman–Crippen LogP) is 1.93. The van der Waals surface area contributed by atoms with E-state index >= 15 is 0 Å². The van der Waals surface area contributed by atoms with E-state index in [0.29, 0.717) is 12.5 Å². The molecule has 110 valence electrons. The van der Waals surface area contributed by atoms with Gasteiger partial charge in [0, 0.05) is 19.8 Å². The summed E-state index contributed by atoms with van der Waals surface area (Å²) in [5.41, 5.74) is 8.00. The Balaban J connectivity index is 1.74. The van der Waals surface area contributed by atoms with Crippen LogP contribution in [0.25, 0.3) is 0 Å². The fourth-order valence-corrected chi connectivity index (χ4v) is 2.47. The number of carbonyl (C=O) groups is 1. The molecule has 1 heterocycles. The first-order valence-electron chi connectivity index (χ1n) is 7.34. The van der Waals surface area contributed by atoms with Crippen LogP contribution in [-0.2, 0) is 9.53 Å². The smallest absolute Gasteiger partial charge is 0.241 e. The second-order valence-electron chi connectivity index (χ2n) is 5.52. The van der Waals surface area contributed by atoms with Gasteiger partial charge in [0.05, 0.1) is 0 Å². The maximum absolute atomic E-state index is 12.0. The molecule has 1 aliphatic rings. The molecule has 2 rings (SSSR count). The number of rotatable bonds is 5. The van der Waals surface area contributed by atoms with Gasteiger partial charge in [0.1, 0.15) is 6.04 Å². The van der Waals surface area contributed by atoms with Crippen molar-refractivity contribution in [3.05, 3.63) is 35.4 Å². The van der Waals surface area contributed by atoms with Crippen LogP contribution in [0.5, 0.6) is 0 Å². The lowest BCUT2D eigenvalue weighted by molar-refractivity contribution is -0.122. The van der Waals surface area contributed by atoms with E-state index in [1.54, 1.807) is 0 Å². The van der Waals surface area contributed by atoms with Gasteiger partial charge < -0.3 is 15.8 Å². The number of hydrogen-bond acceptors (Lipinski definition) is 3. The summed E-state index contributed by atoms with van der Waals surface area (Å²) in [6.07, 6.45) is 3.20. The molecular weight excluding hydrogens is 252 g/mol. The number of nitrogens with two attached hydrogens (primary N) is 1. The van der Waals surface area contributed by atoms with Crippen LogP contribution in [-0.4, -0.2) is 25.7 Å². The Hall–Kier alpha value is -1.39. The van der Waals surface area contributed by atoms with E-state index in [4.69, 9.17) is 10.5 Å². The first-order valence-corrected chi connectivity index (χ1v) is 7.34. The van der Waals surface area contributed by atoms with Crippen LogP contribution in [0.1, 0.15) is 36.4 Å². The Labute approximate surface area is 120 Å². The molecule has 0 aromatic heterocycles. The van der Waals surface area contributed by atoms with Crippen molar-refractivity contribution in [2.24, 2.45) is 11.7 Å². The molecular formula is C16H24N2O2. The largest absolute Gasteiger partial charge is 0.381 e. The molecule has 1 unspecified atom stereocenters. The van der Waals surface area contributed by atoms with Crippen LogP contribution in [0.4, 0.5) is 0 Å². The number of nitrogens with one attached hydrogen (secondary N) is 1. The molecule has 1 aliphatic heterocycles. The molecule has 0 spiro atoms. The van der Waals surface area contributed by atoms with Gasteiger partial charge in [-0.25, -0.2) is 0 Å². The second kappa shape index (κ2) is 7.41. The van der Waals surface area contributed by atoms with E-state index in [0.717, 1.165) is 38.0 Å². The van der Waals surface area contributed by atoms with Crippen LogP contribution < -0.4 is 11.1 Å². The fourth-order valence-electron chi connectivity index (χ4n) is 2.47. The quantitative estimate of drug-likeness (QED) is 0.863. The summed E-state index contributed by atoms with van der Waals surface area (Å²) < 4.78 is 5.33. The average Bonchev–Trinajstić information content (AvgIpc) is 2.48. The second-order valence-corrected chi connectivity index (χ2v) is 5.52. The monoisotopic (exact) mass is 276 g/mol. The lowest BCUT2D eigenvalue weighted by Crippen LogP contribution is -2.35. The first-order chi connectivity index (χ1) is 9.66. The molecule has 1 atom stereocenters. The van der Waals surface area contributed by atoms with Gasteiger partial charge in [-0.3, -0.25) is 4.79 Å². The number of aryl methyl sites for hydroxylation is 1. The molecule has 1 aromatic carbocycles. The topological polar surface area (TPSA) is 64.4 Å². The summed E-state index contributed by atoms with van der Waals surface area (Å²) in [6, 6.07) is 7.20. The van der Waals surface area contributed by atoms with E-state index in [1.165, 1.54) is 5.56 Å².